The van der Waals surface area contributed by atoms with Crippen LogP contribution in [0.2, 0.25) is 0 Å². The molecule has 0 heterocycles. The van der Waals surface area contributed by atoms with Crippen LogP contribution in [0.5, 0.6) is 0 Å². The molecule has 1 unspecified atom stereocenters. The summed E-state index contributed by atoms with van der Waals surface area (Å²) in [5, 5.41) is 8.97. The first-order chi connectivity index (χ1) is 9.18. The summed E-state index contributed by atoms with van der Waals surface area (Å²) in [5.74, 6) is 0. The average Bonchev–Trinajstić information content (AvgIpc) is 2.40. The van der Waals surface area contributed by atoms with E-state index in [1.807, 2.05) is 6.08 Å². The molecule has 1 atom stereocenters. The lowest BCUT2D eigenvalue weighted by Crippen LogP contribution is -3.00. The fourth-order valence-electron chi connectivity index (χ4n) is 2.69. The van der Waals surface area contributed by atoms with Crippen LogP contribution in [0.3, 0.4) is 0 Å². The number of halogens is 1. The monoisotopic (exact) mass is 305 g/mol. The zero-order valence-electron chi connectivity index (χ0n) is 13.7. The van der Waals surface area contributed by atoms with Gasteiger partial charge >= 0.3 is 0 Å². The van der Waals surface area contributed by atoms with E-state index in [2.05, 4.69) is 20.6 Å². The van der Waals surface area contributed by atoms with Crippen LogP contribution in [0.1, 0.15) is 64.7 Å². The van der Waals surface area contributed by atoms with Crippen LogP contribution in [0.25, 0.3) is 0 Å². The topological polar surface area (TPSA) is 20.2 Å². The lowest BCUT2D eigenvalue weighted by atomic mass is 10.1. The van der Waals surface area contributed by atoms with E-state index in [1.165, 1.54) is 57.9 Å². The number of nitrogens with zero attached hydrogens (tertiary/aromatic N) is 1. The Balaban J connectivity index is 0. The van der Waals surface area contributed by atoms with Crippen molar-refractivity contribution in [3.05, 3.63) is 12.7 Å². The highest BCUT2D eigenvalue weighted by Crippen LogP contribution is 2.12. The van der Waals surface area contributed by atoms with Crippen molar-refractivity contribution in [3.63, 3.8) is 0 Å². The molecule has 20 heavy (non-hydrogen) atoms. The van der Waals surface area contributed by atoms with Crippen molar-refractivity contribution in [2.45, 2.75) is 64.7 Å². The van der Waals surface area contributed by atoms with E-state index >= 15 is 0 Å². The molecule has 0 aromatic rings. The normalized spacial score (nSPS) is 13.6. The summed E-state index contributed by atoms with van der Waals surface area (Å²) < 4.78 is 1.04. The lowest BCUT2D eigenvalue weighted by molar-refractivity contribution is -0.904. The second kappa shape index (κ2) is 15.3. The SMILES string of the molecule is C=CC[N+](C)(CCCO)CCCCCCCCCC.[Cl-]. The van der Waals surface area contributed by atoms with Gasteiger partial charge in [-0.25, -0.2) is 0 Å². The fraction of sp³-hybridized carbons (Fsp3) is 0.882. The largest absolute Gasteiger partial charge is 1.00 e. The summed E-state index contributed by atoms with van der Waals surface area (Å²) in [6.07, 6.45) is 13.9. The molecular formula is C17H36ClNO. The summed E-state index contributed by atoms with van der Waals surface area (Å²) in [4.78, 5) is 0. The van der Waals surface area contributed by atoms with Crippen LogP contribution >= 0.6 is 0 Å². The van der Waals surface area contributed by atoms with Gasteiger partial charge in [0, 0.05) is 13.0 Å². The Morgan fingerprint density at radius 3 is 1.90 bits per heavy atom. The van der Waals surface area contributed by atoms with Gasteiger partial charge in [0.25, 0.3) is 0 Å². The molecule has 0 aliphatic heterocycles. The molecule has 2 nitrogen and oxygen atoms in total. The number of aliphatic hydroxyl groups excluding tert-OH is 1. The highest BCUT2D eigenvalue weighted by Gasteiger charge is 2.18. The van der Waals surface area contributed by atoms with E-state index in [9.17, 15) is 0 Å². The van der Waals surface area contributed by atoms with Crippen molar-refractivity contribution in [1.29, 1.82) is 0 Å². The Kier molecular flexibility index (Phi) is 17.1. The number of rotatable bonds is 14. The molecule has 0 saturated heterocycles. The van der Waals surface area contributed by atoms with Gasteiger partial charge in [0.05, 0.1) is 26.7 Å². The molecule has 0 saturated carbocycles. The third kappa shape index (κ3) is 13.0. The van der Waals surface area contributed by atoms with Crippen LogP contribution in [0, 0.1) is 0 Å². The lowest BCUT2D eigenvalue weighted by Gasteiger charge is -2.33. The maximum Gasteiger partial charge on any atom is 0.0969 e. The smallest absolute Gasteiger partial charge is 0.0969 e. The molecule has 0 rings (SSSR count). The predicted molar refractivity (Wildman–Crippen MR) is 85.3 cm³/mol. The van der Waals surface area contributed by atoms with Gasteiger partial charge in [-0.3, -0.25) is 0 Å². The number of hydrogen-bond acceptors (Lipinski definition) is 1. The maximum absolute atomic E-state index is 8.97. The Morgan fingerprint density at radius 2 is 1.40 bits per heavy atom. The van der Waals surface area contributed by atoms with Crippen molar-refractivity contribution >= 4 is 0 Å². The van der Waals surface area contributed by atoms with Gasteiger partial charge in [0.2, 0.25) is 0 Å². The quantitative estimate of drug-likeness (QED) is 0.290. The minimum atomic E-state index is 0. The molecule has 0 aliphatic rings. The third-order valence-corrected chi connectivity index (χ3v) is 3.98. The molecule has 1 N–H and O–H groups in total. The second-order valence-corrected chi connectivity index (χ2v) is 6.09. The van der Waals surface area contributed by atoms with Crippen LogP contribution < -0.4 is 12.4 Å². The highest BCUT2D eigenvalue weighted by atomic mass is 35.5. The van der Waals surface area contributed by atoms with Crippen molar-refractivity contribution in [2.75, 3.05) is 33.3 Å². The van der Waals surface area contributed by atoms with Gasteiger partial charge in [-0.1, -0.05) is 52.0 Å². The molecular weight excluding hydrogens is 270 g/mol. The van der Waals surface area contributed by atoms with Gasteiger partial charge in [-0.2, -0.15) is 0 Å². The molecule has 0 amide bonds. The fourth-order valence-corrected chi connectivity index (χ4v) is 2.69. The number of quaternary nitrogens is 1. The summed E-state index contributed by atoms with van der Waals surface area (Å²) in [6.45, 7) is 9.75. The zero-order valence-corrected chi connectivity index (χ0v) is 14.5. The van der Waals surface area contributed by atoms with Gasteiger partial charge in [-0.05, 0) is 18.9 Å². The van der Waals surface area contributed by atoms with Crippen LogP contribution in [0.4, 0.5) is 0 Å². The summed E-state index contributed by atoms with van der Waals surface area (Å²) in [5.41, 5.74) is 0. The van der Waals surface area contributed by atoms with Gasteiger partial charge < -0.3 is 22.0 Å². The Morgan fingerprint density at radius 1 is 0.900 bits per heavy atom. The van der Waals surface area contributed by atoms with E-state index in [0.29, 0.717) is 6.61 Å². The van der Waals surface area contributed by atoms with Crippen molar-refractivity contribution in [2.24, 2.45) is 0 Å². The molecule has 0 fully saturated rings. The first-order valence-corrected chi connectivity index (χ1v) is 8.24. The average molecular weight is 306 g/mol. The third-order valence-electron chi connectivity index (χ3n) is 3.98. The minimum absolute atomic E-state index is 0. The molecule has 0 aromatic carbocycles. The van der Waals surface area contributed by atoms with E-state index in [1.54, 1.807) is 0 Å². The van der Waals surface area contributed by atoms with E-state index in [0.717, 1.165) is 24.0 Å². The number of likely N-dealkylation sites (N-methyl/N-ethyl adjacent to an activating group) is 1. The number of hydrogen-bond donors (Lipinski definition) is 1. The van der Waals surface area contributed by atoms with Crippen LogP contribution in [0.15, 0.2) is 12.7 Å². The number of aliphatic hydroxyl groups is 1. The highest BCUT2D eigenvalue weighted by molar-refractivity contribution is 4.65. The Labute approximate surface area is 133 Å². The Bertz CT molecular complexity index is 211. The second-order valence-electron chi connectivity index (χ2n) is 6.09. The molecule has 0 aliphatic carbocycles. The summed E-state index contributed by atoms with van der Waals surface area (Å²) in [6, 6.07) is 0. The standard InChI is InChI=1S/C17H36NO.ClH/c1-4-6-7-8-9-10-11-12-15-18(3,14-5-2)16-13-17-19;/h5,19H,2,4,6-17H2,1,3H3;1H/q+1;/p-1. The molecule has 0 aromatic heterocycles. The molecule has 122 valence electrons. The van der Waals surface area contributed by atoms with E-state index in [4.69, 9.17) is 5.11 Å². The zero-order chi connectivity index (χ0) is 14.4. The van der Waals surface area contributed by atoms with Crippen molar-refractivity contribution in [1.82, 2.24) is 0 Å². The van der Waals surface area contributed by atoms with Gasteiger partial charge in [-0.15, -0.1) is 0 Å². The minimum Gasteiger partial charge on any atom is -1.00 e. The van der Waals surface area contributed by atoms with Crippen LogP contribution in [-0.2, 0) is 0 Å². The summed E-state index contributed by atoms with van der Waals surface area (Å²) in [7, 11) is 2.29. The number of unbranched alkanes of at least 4 members (excludes halogenated alkanes) is 7. The molecule has 0 radical (unpaired) electrons. The maximum atomic E-state index is 8.97. The van der Waals surface area contributed by atoms with Crippen molar-refractivity contribution < 1.29 is 22.0 Å². The Hall–Kier alpha value is -0.0500. The molecule has 0 bridgehead atoms. The summed E-state index contributed by atoms with van der Waals surface area (Å²) >= 11 is 0. The van der Waals surface area contributed by atoms with Gasteiger partial charge in [0.1, 0.15) is 0 Å². The van der Waals surface area contributed by atoms with Gasteiger partial charge in [0.15, 0.2) is 0 Å². The molecule has 3 heteroatoms. The molecule has 0 spiro atoms. The first-order valence-electron chi connectivity index (χ1n) is 8.24. The van der Waals surface area contributed by atoms with E-state index < -0.39 is 0 Å². The van der Waals surface area contributed by atoms with Crippen LogP contribution in [-0.4, -0.2) is 42.9 Å². The van der Waals surface area contributed by atoms with E-state index in [-0.39, 0.29) is 12.4 Å². The van der Waals surface area contributed by atoms with Crippen molar-refractivity contribution in [3.8, 4) is 0 Å². The predicted octanol–water partition coefficient (Wildman–Crippen LogP) is 1.15. The first kappa shape index (κ1) is 22.2.